The van der Waals surface area contributed by atoms with Crippen LogP contribution in [-0.4, -0.2) is 41.8 Å². The van der Waals surface area contributed by atoms with Gasteiger partial charge in [0, 0.05) is 11.5 Å². The van der Waals surface area contributed by atoms with Crippen LogP contribution in [0.2, 0.25) is 0 Å². The zero-order valence-corrected chi connectivity index (χ0v) is 16.6. The molecule has 2 rings (SSSR count). The average molecular weight is 425 g/mol. The van der Waals surface area contributed by atoms with Crippen LogP contribution >= 0.6 is 27.7 Å². The molecule has 25 heavy (non-hydrogen) atoms. The van der Waals surface area contributed by atoms with Crippen molar-refractivity contribution < 1.29 is 14.0 Å². The van der Waals surface area contributed by atoms with Crippen molar-refractivity contribution in [1.29, 1.82) is 0 Å². The highest BCUT2D eigenvalue weighted by atomic mass is 79.9. The molecule has 2 aromatic rings. The third kappa shape index (κ3) is 5.64. The number of furan rings is 1. The van der Waals surface area contributed by atoms with Crippen LogP contribution in [0.15, 0.2) is 51.6 Å². The fourth-order valence-corrected chi connectivity index (χ4v) is 3.29. The first-order chi connectivity index (χ1) is 12.0. The number of amides is 2. The zero-order chi connectivity index (χ0) is 18.2. The van der Waals surface area contributed by atoms with Crippen LogP contribution in [0.25, 0.3) is 0 Å². The smallest absolute Gasteiger partial charge is 0.253 e. The van der Waals surface area contributed by atoms with E-state index in [0.29, 0.717) is 28.8 Å². The number of nitrogens with one attached hydrogen (secondary N) is 1. The lowest BCUT2D eigenvalue weighted by Gasteiger charge is -2.24. The number of likely N-dealkylation sites (N-methyl/N-ethyl adjacent to an activating group) is 1. The first kappa shape index (κ1) is 19.6. The van der Waals surface area contributed by atoms with Gasteiger partial charge in [-0.05, 0) is 58.6 Å². The molecular formula is C18H21BrN2O3S. The van der Waals surface area contributed by atoms with E-state index in [1.54, 1.807) is 54.2 Å². The average Bonchev–Trinajstić information content (AvgIpc) is 3.11. The standard InChI is InChI=1S/C18H21BrN2O3S/c1-21(12-13-6-5-10-24-13)18(23)16(9-11-25-2)20-17(22)14-7-3-4-8-15(14)19/h3-8,10,16H,9,11-12H2,1-2H3,(H,20,22)/t16-/m1/s1. The van der Waals surface area contributed by atoms with Gasteiger partial charge in [-0.1, -0.05) is 12.1 Å². The van der Waals surface area contributed by atoms with Gasteiger partial charge >= 0.3 is 0 Å². The van der Waals surface area contributed by atoms with E-state index in [1.165, 1.54) is 0 Å². The summed E-state index contributed by atoms with van der Waals surface area (Å²) < 4.78 is 5.99. The number of nitrogens with zero attached hydrogens (tertiary/aromatic N) is 1. The quantitative estimate of drug-likeness (QED) is 0.703. The van der Waals surface area contributed by atoms with Gasteiger partial charge in [-0.25, -0.2) is 0 Å². The van der Waals surface area contributed by atoms with Crippen LogP contribution in [-0.2, 0) is 11.3 Å². The number of carbonyl (C=O) groups is 2. The third-order valence-corrected chi connectivity index (χ3v) is 5.02. The molecular weight excluding hydrogens is 404 g/mol. The van der Waals surface area contributed by atoms with Crippen molar-refractivity contribution in [2.24, 2.45) is 0 Å². The summed E-state index contributed by atoms with van der Waals surface area (Å²) in [5.41, 5.74) is 0.512. The zero-order valence-electron chi connectivity index (χ0n) is 14.2. The van der Waals surface area contributed by atoms with E-state index in [4.69, 9.17) is 4.42 Å². The van der Waals surface area contributed by atoms with Crippen LogP contribution in [0.1, 0.15) is 22.5 Å². The fourth-order valence-electron chi connectivity index (χ4n) is 2.35. The molecule has 0 aliphatic carbocycles. The highest BCUT2D eigenvalue weighted by molar-refractivity contribution is 9.10. The third-order valence-electron chi connectivity index (χ3n) is 3.68. The molecule has 0 saturated heterocycles. The summed E-state index contributed by atoms with van der Waals surface area (Å²) in [6.07, 6.45) is 4.12. The molecule has 0 saturated carbocycles. The SMILES string of the molecule is CSCC[C@@H](NC(=O)c1ccccc1Br)C(=O)N(C)Cc1ccco1. The van der Waals surface area contributed by atoms with E-state index < -0.39 is 6.04 Å². The van der Waals surface area contributed by atoms with E-state index in [9.17, 15) is 9.59 Å². The van der Waals surface area contributed by atoms with Crippen molar-refractivity contribution in [2.45, 2.75) is 19.0 Å². The van der Waals surface area contributed by atoms with Crippen LogP contribution < -0.4 is 5.32 Å². The Morgan fingerprint density at radius 1 is 1.28 bits per heavy atom. The Labute approximate surface area is 160 Å². The summed E-state index contributed by atoms with van der Waals surface area (Å²) in [6.45, 7) is 0.368. The van der Waals surface area contributed by atoms with Gasteiger partial charge < -0.3 is 14.6 Å². The second-order valence-corrected chi connectivity index (χ2v) is 7.40. The number of halogens is 1. The molecule has 0 aliphatic heterocycles. The Hall–Kier alpha value is -1.73. The first-order valence-electron chi connectivity index (χ1n) is 7.84. The summed E-state index contributed by atoms with van der Waals surface area (Å²) in [6, 6.07) is 10.2. The molecule has 0 aliphatic rings. The molecule has 1 aromatic heterocycles. The molecule has 0 bridgehead atoms. The number of hydrogen-bond acceptors (Lipinski definition) is 4. The summed E-state index contributed by atoms with van der Waals surface area (Å²) in [5, 5.41) is 2.87. The molecule has 5 nitrogen and oxygen atoms in total. The van der Waals surface area contributed by atoms with Gasteiger partial charge in [0.1, 0.15) is 11.8 Å². The molecule has 1 aromatic carbocycles. The molecule has 0 fully saturated rings. The minimum Gasteiger partial charge on any atom is -0.467 e. The number of hydrogen-bond donors (Lipinski definition) is 1. The number of rotatable bonds is 8. The van der Waals surface area contributed by atoms with Gasteiger partial charge in [0.2, 0.25) is 5.91 Å². The largest absolute Gasteiger partial charge is 0.467 e. The molecule has 1 heterocycles. The maximum atomic E-state index is 12.8. The van der Waals surface area contributed by atoms with Gasteiger partial charge in [-0.3, -0.25) is 9.59 Å². The summed E-state index contributed by atoms with van der Waals surface area (Å²) in [4.78, 5) is 26.9. The van der Waals surface area contributed by atoms with Gasteiger partial charge in [0.05, 0.1) is 18.4 Å². The molecule has 7 heteroatoms. The van der Waals surface area contributed by atoms with Crippen molar-refractivity contribution in [3.05, 3.63) is 58.5 Å². The lowest BCUT2D eigenvalue weighted by atomic mass is 10.1. The van der Waals surface area contributed by atoms with Gasteiger partial charge in [0.25, 0.3) is 5.91 Å². The maximum absolute atomic E-state index is 12.8. The van der Waals surface area contributed by atoms with Gasteiger partial charge in [0.15, 0.2) is 0 Å². The minimum absolute atomic E-state index is 0.133. The predicted molar refractivity (Wildman–Crippen MR) is 104 cm³/mol. The molecule has 134 valence electrons. The Bertz CT molecular complexity index is 706. The highest BCUT2D eigenvalue weighted by Gasteiger charge is 2.25. The van der Waals surface area contributed by atoms with Crippen molar-refractivity contribution >= 4 is 39.5 Å². The lowest BCUT2D eigenvalue weighted by Crippen LogP contribution is -2.47. The van der Waals surface area contributed by atoms with Crippen molar-refractivity contribution in [3.8, 4) is 0 Å². The molecule has 0 radical (unpaired) electrons. The van der Waals surface area contributed by atoms with E-state index in [2.05, 4.69) is 21.2 Å². The fraction of sp³-hybridized carbons (Fsp3) is 0.333. The topological polar surface area (TPSA) is 62.6 Å². The Balaban J connectivity index is 2.07. The van der Waals surface area contributed by atoms with E-state index in [1.807, 2.05) is 18.4 Å². The molecule has 1 N–H and O–H groups in total. The monoisotopic (exact) mass is 424 g/mol. The first-order valence-corrected chi connectivity index (χ1v) is 10.0. The molecule has 1 atom stereocenters. The Kier molecular flexibility index (Phi) is 7.58. The number of carbonyl (C=O) groups excluding carboxylic acids is 2. The van der Waals surface area contributed by atoms with Crippen molar-refractivity contribution in [1.82, 2.24) is 10.2 Å². The highest BCUT2D eigenvalue weighted by Crippen LogP contribution is 2.16. The molecule has 0 unspecified atom stereocenters. The van der Waals surface area contributed by atoms with Crippen LogP contribution in [0.4, 0.5) is 0 Å². The van der Waals surface area contributed by atoms with Crippen LogP contribution in [0.5, 0.6) is 0 Å². The van der Waals surface area contributed by atoms with Crippen molar-refractivity contribution in [2.75, 3.05) is 19.1 Å². The lowest BCUT2D eigenvalue weighted by molar-refractivity contribution is -0.132. The molecule has 2 amide bonds. The predicted octanol–water partition coefficient (Wildman–Crippen LogP) is 3.55. The number of benzene rings is 1. The minimum atomic E-state index is -0.577. The summed E-state index contributed by atoms with van der Waals surface area (Å²) in [5.74, 6) is 1.09. The normalized spacial score (nSPS) is 11.8. The van der Waals surface area contributed by atoms with E-state index in [0.717, 1.165) is 5.75 Å². The Morgan fingerprint density at radius 3 is 2.68 bits per heavy atom. The summed E-state index contributed by atoms with van der Waals surface area (Å²) in [7, 11) is 1.71. The second kappa shape index (κ2) is 9.68. The Morgan fingerprint density at radius 2 is 2.04 bits per heavy atom. The second-order valence-electron chi connectivity index (χ2n) is 5.56. The van der Waals surface area contributed by atoms with Crippen LogP contribution in [0, 0.1) is 0 Å². The summed E-state index contributed by atoms with van der Waals surface area (Å²) >= 11 is 5.01. The maximum Gasteiger partial charge on any atom is 0.253 e. The van der Waals surface area contributed by atoms with Crippen LogP contribution in [0.3, 0.4) is 0 Å². The van der Waals surface area contributed by atoms with Gasteiger partial charge in [-0.15, -0.1) is 0 Å². The molecule has 0 spiro atoms. The van der Waals surface area contributed by atoms with Gasteiger partial charge in [-0.2, -0.15) is 11.8 Å². The van der Waals surface area contributed by atoms with E-state index in [-0.39, 0.29) is 11.8 Å². The number of thioether (sulfide) groups is 1. The van der Waals surface area contributed by atoms with E-state index >= 15 is 0 Å². The van der Waals surface area contributed by atoms with Crippen molar-refractivity contribution in [3.63, 3.8) is 0 Å².